The summed E-state index contributed by atoms with van der Waals surface area (Å²) in [5.41, 5.74) is 9.87. The van der Waals surface area contributed by atoms with Crippen LogP contribution < -0.4 is 0 Å². The SMILES string of the molecule is CCc1nnc(N=[N+]=[N-])nc1CC. The van der Waals surface area contributed by atoms with Crippen LogP contribution in [0.15, 0.2) is 5.11 Å². The third-order valence-electron chi connectivity index (χ3n) is 1.63. The molecule has 1 rings (SSSR count). The van der Waals surface area contributed by atoms with Crippen molar-refractivity contribution >= 4 is 5.95 Å². The monoisotopic (exact) mass is 178 g/mol. The van der Waals surface area contributed by atoms with Gasteiger partial charge in [-0.25, -0.2) is 4.98 Å². The lowest BCUT2D eigenvalue weighted by Gasteiger charge is -2.01. The minimum absolute atomic E-state index is 0.0940. The van der Waals surface area contributed by atoms with Crippen molar-refractivity contribution in [3.8, 4) is 0 Å². The molecule has 0 spiro atoms. The maximum atomic E-state index is 8.16. The largest absolute Gasteiger partial charge is 0.238 e. The highest BCUT2D eigenvalue weighted by Crippen LogP contribution is 2.08. The van der Waals surface area contributed by atoms with E-state index in [1.54, 1.807) is 0 Å². The summed E-state index contributed by atoms with van der Waals surface area (Å²) in [6, 6.07) is 0. The Bertz CT molecular complexity index is 341. The van der Waals surface area contributed by atoms with E-state index in [0.29, 0.717) is 0 Å². The molecule has 0 fully saturated rings. The van der Waals surface area contributed by atoms with Crippen molar-refractivity contribution in [3.63, 3.8) is 0 Å². The van der Waals surface area contributed by atoms with Gasteiger partial charge in [-0.3, -0.25) is 0 Å². The van der Waals surface area contributed by atoms with Gasteiger partial charge in [0.05, 0.1) is 11.4 Å². The van der Waals surface area contributed by atoms with Gasteiger partial charge in [0, 0.05) is 4.91 Å². The standard InChI is InChI=1S/C7H10N6/c1-3-5-6(4-2)10-11-7(9-5)12-13-8/h3-4H2,1-2H3. The van der Waals surface area contributed by atoms with Crippen LogP contribution in [0, 0.1) is 0 Å². The minimum Gasteiger partial charge on any atom is -0.228 e. The van der Waals surface area contributed by atoms with Crippen LogP contribution in [0.4, 0.5) is 5.95 Å². The molecule has 0 saturated heterocycles. The quantitative estimate of drug-likeness (QED) is 0.402. The lowest BCUT2D eigenvalue weighted by molar-refractivity contribution is 0.821. The summed E-state index contributed by atoms with van der Waals surface area (Å²) in [5, 5.41) is 10.9. The van der Waals surface area contributed by atoms with Gasteiger partial charge in [-0.15, -0.1) is 5.10 Å². The number of nitrogens with zero attached hydrogens (tertiary/aromatic N) is 6. The Morgan fingerprint density at radius 1 is 1.23 bits per heavy atom. The molecule has 0 saturated carbocycles. The summed E-state index contributed by atoms with van der Waals surface area (Å²) in [5.74, 6) is 0.0940. The topological polar surface area (TPSA) is 87.4 Å². The van der Waals surface area contributed by atoms with Crippen LogP contribution in [0.1, 0.15) is 25.2 Å². The third kappa shape index (κ3) is 2.13. The Morgan fingerprint density at radius 2 is 1.92 bits per heavy atom. The third-order valence-corrected chi connectivity index (χ3v) is 1.63. The van der Waals surface area contributed by atoms with E-state index < -0.39 is 0 Å². The number of hydrogen-bond acceptors (Lipinski definition) is 4. The highest BCUT2D eigenvalue weighted by atomic mass is 15.3. The molecule has 0 N–H and O–H groups in total. The van der Waals surface area contributed by atoms with Crippen molar-refractivity contribution < 1.29 is 0 Å². The molecular formula is C7H10N6. The minimum atomic E-state index is 0.0940. The first-order valence-electron chi connectivity index (χ1n) is 4.09. The molecule has 6 nitrogen and oxygen atoms in total. The predicted octanol–water partition coefficient (Wildman–Crippen LogP) is 1.94. The van der Waals surface area contributed by atoms with E-state index in [9.17, 15) is 0 Å². The Kier molecular flexibility index (Phi) is 3.16. The maximum absolute atomic E-state index is 8.16. The van der Waals surface area contributed by atoms with E-state index >= 15 is 0 Å². The van der Waals surface area contributed by atoms with Crippen LogP contribution >= 0.6 is 0 Å². The van der Waals surface area contributed by atoms with Crippen molar-refractivity contribution in [3.05, 3.63) is 21.8 Å². The molecule has 68 valence electrons. The highest BCUT2D eigenvalue weighted by Gasteiger charge is 2.03. The first kappa shape index (κ1) is 9.41. The molecule has 13 heavy (non-hydrogen) atoms. The molecule has 0 unspecified atom stereocenters. The molecule has 0 amide bonds. The van der Waals surface area contributed by atoms with Crippen LogP contribution in [0.2, 0.25) is 0 Å². The van der Waals surface area contributed by atoms with E-state index in [4.69, 9.17) is 5.53 Å². The number of aryl methyl sites for hydroxylation is 2. The molecule has 0 radical (unpaired) electrons. The second-order valence-electron chi connectivity index (χ2n) is 2.40. The van der Waals surface area contributed by atoms with Gasteiger partial charge < -0.3 is 0 Å². The molecule has 1 heterocycles. The van der Waals surface area contributed by atoms with Gasteiger partial charge in [0.2, 0.25) is 5.95 Å². The number of aromatic nitrogens is 3. The van der Waals surface area contributed by atoms with Gasteiger partial charge in [-0.05, 0) is 23.5 Å². The number of rotatable bonds is 3. The lowest BCUT2D eigenvalue weighted by Crippen LogP contribution is -2.01. The summed E-state index contributed by atoms with van der Waals surface area (Å²) in [6.45, 7) is 3.96. The van der Waals surface area contributed by atoms with Crippen molar-refractivity contribution in [1.29, 1.82) is 0 Å². The molecular weight excluding hydrogens is 168 g/mol. The zero-order valence-corrected chi connectivity index (χ0v) is 7.60. The fraction of sp³-hybridized carbons (Fsp3) is 0.571. The summed E-state index contributed by atoms with van der Waals surface area (Å²) in [4.78, 5) is 6.65. The molecule has 0 bridgehead atoms. The molecule has 0 aliphatic rings. The van der Waals surface area contributed by atoms with Crippen molar-refractivity contribution in [2.24, 2.45) is 5.11 Å². The van der Waals surface area contributed by atoms with Gasteiger partial charge in [0.15, 0.2) is 0 Å². The van der Waals surface area contributed by atoms with E-state index in [0.717, 1.165) is 24.2 Å². The van der Waals surface area contributed by atoms with E-state index in [-0.39, 0.29) is 5.95 Å². The van der Waals surface area contributed by atoms with Crippen LogP contribution in [-0.2, 0) is 12.8 Å². The summed E-state index contributed by atoms with van der Waals surface area (Å²) >= 11 is 0. The predicted molar refractivity (Wildman–Crippen MR) is 47.4 cm³/mol. The average Bonchev–Trinajstić information content (AvgIpc) is 2.18. The lowest BCUT2D eigenvalue weighted by atomic mass is 10.2. The van der Waals surface area contributed by atoms with Crippen LogP contribution in [0.5, 0.6) is 0 Å². The molecule has 0 aromatic carbocycles. The van der Waals surface area contributed by atoms with Gasteiger partial charge in [-0.1, -0.05) is 13.8 Å². The Labute approximate surface area is 75.7 Å². The van der Waals surface area contributed by atoms with Crippen LogP contribution in [-0.4, -0.2) is 15.2 Å². The molecule has 1 aromatic rings. The first-order valence-corrected chi connectivity index (χ1v) is 4.09. The fourth-order valence-electron chi connectivity index (χ4n) is 1.01. The van der Waals surface area contributed by atoms with Gasteiger partial charge in [0.25, 0.3) is 0 Å². The maximum Gasteiger partial charge on any atom is 0.238 e. The number of azide groups is 1. The van der Waals surface area contributed by atoms with Crippen molar-refractivity contribution in [1.82, 2.24) is 15.2 Å². The smallest absolute Gasteiger partial charge is 0.228 e. The highest BCUT2D eigenvalue weighted by molar-refractivity contribution is 5.18. The molecule has 6 heteroatoms. The second kappa shape index (κ2) is 4.37. The van der Waals surface area contributed by atoms with Gasteiger partial charge in [0.1, 0.15) is 0 Å². The summed E-state index contributed by atoms with van der Waals surface area (Å²) < 4.78 is 0. The van der Waals surface area contributed by atoms with Gasteiger partial charge >= 0.3 is 0 Å². The van der Waals surface area contributed by atoms with Crippen LogP contribution in [0.25, 0.3) is 10.4 Å². The summed E-state index contributed by atoms with van der Waals surface area (Å²) in [7, 11) is 0. The Morgan fingerprint density at radius 3 is 2.46 bits per heavy atom. The molecule has 0 aliphatic carbocycles. The number of hydrogen-bond donors (Lipinski definition) is 0. The van der Waals surface area contributed by atoms with E-state index in [1.807, 2.05) is 13.8 Å². The Balaban J connectivity index is 3.12. The zero-order valence-electron chi connectivity index (χ0n) is 7.60. The normalized spacial score (nSPS) is 9.38. The van der Waals surface area contributed by atoms with Crippen molar-refractivity contribution in [2.75, 3.05) is 0 Å². The van der Waals surface area contributed by atoms with E-state index in [2.05, 4.69) is 25.2 Å². The average molecular weight is 178 g/mol. The van der Waals surface area contributed by atoms with E-state index in [1.165, 1.54) is 0 Å². The molecule has 0 atom stereocenters. The first-order chi connectivity index (χ1) is 6.31. The second-order valence-corrected chi connectivity index (χ2v) is 2.40. The van der Waals surface area contributed by atoms with Crippen LogP contribution in [0.3, 0.4) is 0 Å². The zero-order chi connectivity index (χ0) is 9.68. The fourth-order valence-corrected chi connectivity index (χ4v) is 1.01. The van der Waals surface area contributed by atoms with Gasteiger partial charge in [-0.2, -0.15) is 5.10 Å². The Hall–Kier alpha value is -1.68. The molecule has 1 aromatic heterocycles. The summed E-state index contributed by atoms with van der Waals surface area (Å²) in [6.07, 6.45) is 1.56. The molecule has 0 aliphatic heterocycles. The van der Waals surface area contributed by atoms with Crippen molar-refractivity contribution in [2.45, 2.75) is 26.7 Å².